The van der Waals surface area contributed by atoms with Crippen LogP contribution in [0, 0.1) is 0 Å². The number of hydrogen-bond donors (Lipinski definition) is 1. The van der Waals surface area contributed by atoms with E-state index in [1.54, 1.807) is 0 Å². The van der Waals surface area contributed by atoms with Crippen LogP contribution in [0.2, 0.25) is 0 Å². The molecule has 0 spiro atoms. The number of hydrogen-bond acceptors (Lipinski definition) is 5. The average Bonchev–Trinajstić information content (AvgIpc) is 2.44. The van der Waals surface area contributed by atoms with Crippen LogP contribution in [0.15, 0.2) is 4.47 Å². The van der Waals surface area contributed by atoms with E-state index in [2.05, 4.69) is 47.0 Å². The predicted octanol–water partition coefficient (Wildman–Crippen LogP) is 3.34. The molecule has 0 saturated carbocycles. The first-order valence-corrected chi connectivity index (χ1v) is 9.20. The summed E-state index contributed by atoms with van der Waals surface area (Å²) in [5, 5.41) is 3.35. The number of thioether (sulfide) groups is 1. The fourth-order valence-corrected chi connectivity index (χ4v) is 4.03. The molecule has 0 radical (unpaired) electrons. The lowest BCUT2D eigenvalue weighted by molar-refractivity contribution is 0.264. The van der Waals surface area contributed by atoms with Gasteiger partial charge < -0.3 is 5.32 Å². The lowest BCUT2D eigenvalue weighted by atomic mass is 10.2. The number of anilines is 1. The largest absolute Gasteiger partial charge is 0.369 e. The van der Waals surface area contributed by atoms with Crippen molar-refractivity contribution in [3.05, 3.63) is 16.0 Å². The van der Waals surface area contributed by atoms with Crippen LogP contribution in [0.4, 0.5) is 5.82 Å². The Morgan fingerprint density at radius 1 is 1.40 bits per heavy atom. The summed E-state index contributed by atoms with van der Waals surface area (Å²) in [6.07, 6.45) is 2.08. The number of nitrogens with zero attached hydrogens (tertiary/aromatic N) is 3. The van der Waals surface area contributed by atoms with Crippen molar-refractivity contribution in [3.63, 3.8) is 0 Å². The number of nitrogens with one attached hydrogen (secondary N) is 1. The molecule has 2 rings (SSSR count). The summed E-state index contributed by atoms with van der Waals surface area (Å²) in [4.78, 5) is 11.9. The number of rotatable bonds is 5. The Morgan fingerprint density at radius 2 is 2.20 bits per heavy atom. The third-order valence-electron chi connectivity index (χ3n) is 3.46. The quantitative estimate of drug-likeness (QED) is 0.873. The van der Waals surface area contributed by atoms with E-state index in [1.165, 1.54) is 5.75 Å². The predicted molar refractivity (Wildman–Crippen MR) is 90.6 cm³/mol. The van der Waals surface area contributed by atoms with Gasteiger partial charge in [-0.05, 0) is 36.3 Å². The van der Waals surface area contributed by atoms with Crippen LogP contribution in [-0.2, 0) is 6.42 Å². The first-order chi connectivity index (χ1) is 9.67. The van der Waals surface area contributed by atoms with Crippen LogP contribution in [0.5, 0.6) is 0 Å². The van der Waals surface area contributed by atoms with Gasteiger partial charge in [-0.25, -0.2) is 9.97 Å². The first kappa shape index (κ1) is 16.0. The molecule has 1 aliphatic heterocycles. The molecule has 112 valence electrons. The van der Waals surface area contributed by atoms with E-state index in [1.807, 2.05) is 11.8 Å². The molecule has 1 aromatic heterocycles. The minimum absolute atomic E-state index is 0.329. The first-order valence-electron chi connectivity index (χ1n) is 7.25. The average molecular weight is 359 g/mol. The van der Waals surface area contributed by atoms with Crippen LogP contribution in [0.25, 0.3) is 0 Å². The molecule has 1 atom stereocenters. The molecule has 1 N–H and O–H groups in total. The van der Waals surface area contributed by atoms with E-state index in [0.29, 0.717) is 6.04 Å². The Labute approximate surface area is 134 Å². The zero-order chi connectivity index (χ0) is 14.5. The lowest BCUT2D eigenvalue weighted by Gasteiger charge is -2.31. The van der Waals surface area contributed by atoms with Gasteiger partial charge in [-0.1, -0.05) is 13.3 Å². The van der Waals surface area contributed by atoms with Crippen LogP contribution in [0.3, 0.4) is 0 Å². The summed E-state index contributed by atoms with van der Waals surface area (Å²) in [5.74, 6) is 4.17. The van der Waals surface area contributed by atoms with Gasteiger partial charge in [0.25, 0.3) is 0 Å². The van der Waals surface area contributed by atoms with E-state index < -0.39 is 0 Å². The molecule has 1 fully saturated rings. The van der Waals surface area contributed by atoms with Gasteiger partial charge in [0.05, 0.1) is 16.2 Å². The van der Waals surface area contributed by atoms with Crippen LogP contribution in [-0.4, -0.2) is 46.5 Å². The minimum Gasteiger partial charge on any atom is -0.369 e. The molecule has 1 aliphatic rings. The summed E-state index contributed by atoms with van der Waals surface area (Å²) in [7, 11) is 2.17. The van der Waals surface area contributed by atoms with Gasteiger partial charge in [0.1, 0.15) is 11.6 Å². The summed E-state index contributed by atoms with van der Waals surface area (Å²) in [6.45, 7) is 6.25. The van der Waals surface area contributed by atoms with Crippen molar-refractivity contribution in [2.24, 2.45) is 0 Å². The Hall–Kier alpha value is -0.330. The molecular formula is C14H23BrN4S. The van der Waals surface area contributed by atoms with Crippen LogP contribution in [0.1, 0.15) is 37.8 Å². The fraction of sp³-hybridized carbons (Fsp3) is 0.714. The van der Waals surface area contributed by atoms with Crippen molar-refractivity contribution >= 4 is 33.5 Å². The Morgan fingerprint density at radius 3 is 2.85 bits per heavy atom. The Balaban J connectivity index is 2.36. The third-order valence-corrected chi connectivity index (χ3v) is 5.32. The molecule has 2 heterocycles. The Kier molecular flexibility index (Phi) is 6.11. The van der Waals surface area contributed by atoms with Crippen molar-refractivity contribution < 1.29 is 0 Å². The summed E-state index contributed by atoms with van der Waals surface area (Å²) >= 11 is 5.64. The molecule has 4 nitrogen and oxygen atoms in total. The highest BCUT2D eigenvalue weighted by atomic mass is 79.9. The van der Waals surface area contributed by atoms with Crippen molar-refractivity contribution in [2.75, 3.05) is 37.0 Å². The molecule has 0 bridgehead atoms. The van der Waals surface area contributed by atoms with Gasteiger partial charge in [-0.15, -0.1) is 0 Å². The van der Waals surface area contributed by atoms with Gasteiger partial charge in [-0.3, -0.25) is 4.90 Å². The zero-order valence-electron chi connectivity index (χ0n) is 12.4. The molecule has 1 aromatic rings. The van der Waals surface area contributed by atoms with E-state index in [0.717, 1.165) is 53.5 Å². The molecule has 1 saturated heterocycles. The van der Waals surface area contributed by atoms with Gasteiger partial charge in [-0.2, -0.15) is 11.8 Å². The van der Waals surface area contributed by atoms with Gasteiger partial charge >= 0.3 is 0 Å². The van der Waals surface area contributed by atoms with Gasteiger partial charge in [0.15, 0.2) is 0 Å². The maximum absolute atomic E-state index is 4.83. The third kappa shape index (κ3) is 3.65. The molecule has 0 aromatic carbocycles. The van der Waals surface area contributed by atoms with E-state index in [-0.39, 0.29) is 0 Å². The molecule has 20 heavy (non-hydrogen) atoms. The summed E-state index contributed by atoms with van der Waals surface area (Å²) in [5.41, 5.74) is 1.12. The number of aromatic nitrogens is 2. The van der Waals surface area contributed by atoms with E-state index in [9.17, 15) is 0 Å². The topological polar surface area (TPSA) is 41.1 Å². The summed E-state index contributed by atoms with van der Waals surface area (Å²) < 4.78 is 1.02. The van der Waals surface area contributed by atoms with Crippen LogP contribution < -0.4 is 5.32 Å². The van der Waals surface area contributed by atoms with Crippen LogP contribution >= 0.6 is 27.7 Å². The molecule has 0 amide bonds. The van der Waals surface area contributed by atoms with Crippen molar-refractivity contribution in [1.82, 2.24) is 14.9 Å². The monoisotopic (exact) mass is 358 g/mol. The molecule has 1 unspecified atom stereocenters. The molecular weight excluding hydrogens is 336 g/mol. The highest BCUT2D eigenvalue weighted by molar-refractivity contribution is 9.10. The van der Waals surface area contributed by atoms with Gasteiger partial charge in [0.2, 0.25) is 0 Å². The van der Waals surface area contributed by atoms with E-state index >= 15 is 0 Å². The smallest absolute Gasteiger partial charge is 0.149 e. The van der Waals surface area contributed by atoms with Crippen molar-refractivity contribution in [2.45, 2.75) is 32.7 Å². The number of halogens is 1. The zero-order valence-corrected chi connectivity index (χ0v) is 14.9. The minimum atomic E-state index is 0.329. The molecule has 0 aliphatic carbocycles. The maximum Gasteiger partial charge on any atom is 0.149 e. The van der Waals surface area contributed by atoms with Crippen molar-refractivity contribution in [1.29, 1.82) is 0 Å². The second kappa shape index (κ2) is 7.61. The highest BCUT2D eigenvalue weighted by Crippen LogP contribution is 2.31. The lowest BCUT2D eigenvalue weighted by Crippen LogP contribution is -2.34. The highest BCUT2D eigenvalue weighted by Gasteiger charge is 2.25. The SMILES string of the molecule is CCCc1nc(C2CSCCN2C)nc(NCC)c1Br. The Bertz CT molecular complexity index is 428. The van der Waals surface area contributed by atoms with E-state index in [4.69, 9.17) is 9.97 Å². The second-order valence-electron chi connectivity index (χ2n) is 5.04. The molecule has 6 heteroatoms. The van der Waals surface area contributed by atoms with Crippen molar-refractivity contribution in [3.8, 4) is 0 Å². The van der Waals surface area contributed by atoms with Gasteiger partial charge in [0, 0.05) is 24.6 Å². The standard InChI is InChI=1S/C14H23BrN4S/c1-4-6-10-12(15)14(16-5-2)18-13(17-10)11-9-20-8-7-19(11)3/h11H,4-9H2,1-3H3,(H,16,17,18). The fourth-order valence-electron chi connectivity index (χ4n) is 2.31. The number of aryl methyl sites for hydroxylation is 1. The summed E-state index contributed by atoms with van der Waals surface area (Å²) in [6, 6.07) is 0.329. The normalized spacial score (nSPS) is 20.1. The second-order valence-corrected chi connectivity index (χ2v) is 6.99. The maximum atomic E-state index is 4.83.